The highest BCUT2D eigenvalue weighted by atomic mass is 32.2. The molecule has 0 fully saturated rings. The first-order valence-electron chi connectivity index (χ1n) is 8.01. The van der Waals surface area contributed by atoms with E-state index < -0.39 is 0 Å². The van der Waals surface area contributed by atoms with Crippen molar-refractivity contribution in [2.75, 3.05) is 16.4 Å². The van der Waals surface area contributed by atoms with Gasteiger partial charge in [-0.05, 0) is 36.4 Å². The summed E-state index contributed by atoms with van der Waals surface area (Å²) in [5.74, 6) is -0.254. The number of carbonyl (C=O) groups is 2. The van der Waals surface area contributed by atoms with Gasteiger partial charge in [0, 0.05) is 11.9 Å². The lowest BCUT2D eigenvalue weighted by Crippen LogP contribution is -2.19. The van der Waals surface area contributed by atoms with E-state index >= 15 is 0 Å². The Bertz CT molecular complexity index is 886. The van der Waals surface area contributed by atoms with Crippen LogP contribution in [0.3, 0.4) is 0 Å². The van der Waals surface area contributed by atoms with E-state index in [1.165, 1.54) is 11.8 Å². The minimum absolute atomic E-state index is 0.194. The number of rotatable bonds is 6. The highest BCUT2D eigenvalue weighted by Crippen LogP contribution is 2.19. The monoisotopic (exact) mass is 363 g/mol. The van der Waals surface area contributed by atoms with Crippen molar-refractivity contribution in [3.05, 3.63) is 84.6 Å². The van der Waals surface area contributed by atoms with E-state index in [9.17, 15) is 9.59 Å². The van der Waals surface area contributed by atoms with Gasteiger partial charge in [0.25, 0.3) is 5.91 Å². The molecule has 0 aliphatic carbocycles. The van der Waals surface area contributed by atoms with Gasteiger partial charge in [0.1, 0.15) is 0 Å². The standard InChI is InChI=1S/C20H17N3O2S/c24-18(14-26-19-12-6-7-13-21-19)23-17-11-5-4-10-16(17)20(25)22-15-8-2-1-3-9-15/h1-13H,14H2,(H,22,25)(H,23,24). The van der Waals surface area contributed by atoms with Gasteiger partial charge >= 0.3 is 0 Å². The van der Waals surface area contributed by atoms with Crippen molar-refractivity contribution in [1.82, 2.24) is 4.98 Å². The molecule has 0 aliphatic rings. The number of hydrogen-bond donors (Lipinski definition) is 2. The number of nitrogens with one attached hydrogen (secondary N) is 2. The maximum atomic E-state index is 12.5. The van der Waals surface area contributed by atoms with Gasteiger partial charge in [0.15, 0.2) is 0 Å². The minimum atomic E-state index is -0.274. The number of aromatic nitrogens is 1. The predicted octanol–water partition coefficient (Wildman–Crippen LogP) is 4.06. The van der Waals surface area contributed by atoms with Crippen LogP contribution in [0.25, 0.3) is 0 Å². The Balaban J connectivity index is 1.65. The molecular formula is C20H17N3O2S. The third-order valence-corrected chi connectivity index (χ3v) is 4.41. The molecule has 1 aromatic heterocycles. The molecule has 0 atom stereocenters. The van der Waals surface area contributed by atoms with Crippen LogP contribution in [0.4, 0.5) is 11.4 Å². The van der Waals surface area contributed by atoms with E-state index in [1.54, 1.807) is 30.5 Å². The van der Waals surface area contributed by atoms with Crippen molar-refractivity contribution in [3.8, 4) is 0 Å². The molecule has 3 rings (SSSR count). The Morgan fingerprint density at radius 1 is 0.846 bits per heavy atom. The molecular weight excluding hydrogens is 346 g/mol. The zero-order valence-electron chi connectivity index (χ0n) is 13.9. The van der Waals surface area contributed by atoms with Gasteiger partial charge in [0.05, 0.1) is 22.0 Å². The summed E-state index contributed by atoms with van der Waals surface area (Å²) in [7, 11) is 0. The number of carbonyl (C=O) groups excluding carboxylic acids is 2. The molecule has 0 bridgehead atoms. The molecule has 2 amide bonds. The summed E-state index contributed by atoms with van der Waals surface area (Å²) in [5.41, 5.74) is 1.59. The summed E-state index contributed by atoms with van der Waals surface area (Å²) in [6.45, 7) is 0. The lowest BCUT2D eigenvalue weighted by atomic mass is 10.1. The van der Waals surface area contributed by atoms with Gasteiger partial charge in [-0.2, -0.15) is 0 Å². The Morgan fingerprint density at radius 3 is 2.35 bits per heavy atom. The lowest BCUT2D eigenvalue weighted by Gasteiger charge is -2.11. The molecule has 0 saturated carbocycles. The number of hydrogen-bond acceptors (Lipinski definition) is 4. The Labute approximate surface area is 155 Å². The average Bonchev–Trinajstić information content (AvgIpc) is 2.68. The Hall–Kier alpha value is -3.12. The molecule has 0 unspecified atom stereocenters. The van der Waals surface area contributed by atoms with Crippen molar-refractivity contribution in [3.63, 3.8) is 0 Å². The second-order valence-corrected chi connectivity index (χ2v) is 6.37. The molecule has 0 aliphatic heterocycles. The normalized spacial score (nSPS) is 10.2. The van der Waals surface area contributed by atoms with Crippen LogP contribution in [0.1, 0.15) is 10.4 Å². The summed E-state index contributed by atoms with van der Waals surface area (Å²) >= 11 is 1.34. The molecule has 5 nitrogen and oxygen atoms in total. The molecule has 1 heterocycles. The van der Waals surface area contributed by atoms with Crippen LogP contribution in [0.15, 0.2) is 84.0 Å². The molecule has 130 valence electrons. The zero-order valence-corrected chi connectivity index (χ0v) is 14.7. The van der Waals surface area contributed by atoms with Crippen molar-refractivity contribution >= 4 is 35.0 Å². The highest BCUT2D eigenvalue weighted by molar-refractivity contribution is 7.99. The van der Waals surface area contributed by atoms with Crippen LogP contribution in [0.2, 0.25) is 0 Å². The van der Waals surface area contributed by atoms with Crippen LogP contribution < -0.4 is 10.6 Å². The fraction of sp³-hybridized carbons (Fsp3) is 0.0500. The van der Waals surface area contributed by atoms with Crippen LogP contribution in [-0.4, -0.2) is 22.6 Å². The van der Waals surface area contributed by atoms with Crippen LogP contribution in [0, 0.1) is 0 Å². The number of nitrogens with zero attached hydrogens (tertiary/aromatic N) is 1. The molecule has 26 heavy (non-hydrogen) atoms. The smallest absolute Gasteiger partial charge is 0.257 e. The van der Waals surface area contributed by atoms with Crippen molar-refractivity contribution in [2.24, 2.45) is 0 Å². The SMILES string of the molecule is O=C(CSc1ccccn1)Nc1ccccc1C(=O)Nc1ccccc1. The van der Waals surface area contributed by atoms with E-state index in [4.69, 9.17) is 0 Å². The second kappa shape index (κ2) is 8.82. The molecule has 0 saturated heterocycles. The predicted molar refractivity (Wildman–Crippen MR) is 104 cm³/mol. The van der Waals surface area contributed by atoms with Crippen molar-refractivity contribution in [2.45, 2.75) is 5.03 Å². The third-order valence-electron chi connectivity index (χ3n) is 3.47. The second-order valence-electron chi connectivity index (χ2n) is 5.37. The minimum Gasteiger partial charge on any atom is -0.325 e. The first-order chi connectivity index (χ1) is 12.7. The number of pyridine rings is 1. The summed E-state index contributed by atoms with van der Waals surface area (Å²) in [6.07, 6.45) is 1.68. The number of benzene rings is 2. The van der Waals surface area contributed by atoms with Gasteiger partial charge in [-0.1, -0.05) is 48.2 Å². The van der Waals surface area contributed by atoms with Crippen molar-refractivity contribution in [1.29, 1.82) is 0 Å². The Kier molecular flexibility index (Phi) is 6.01. The van der Waals surface area contributed by atoms with Crippen LogP contribution in [-0.2, 0) is 4.79 Å². The van der Waals surface area contributed by atoms with Crippen molar-refractivity contribution < 1.29 is 9.59 Å². The van der Waals surface area contributed by atoms with Gasteiger partial charge in [-0.3, -0.25) is 9.59 Å². The largest absolute Gasteiger partial charge is 0.325 e. The number of thioether (sulfide) groups is 1. The number of anilines is 2. The van der Waals surface area contributed by atoms with E-state index in [0.717, 1.165) is 5.03 Å². The Morgan fingerprint density at radius 2 is 1.58 bits per heavy atom. The van der Waals surface area contributed by atoms with Gasteiger partial charge in [-0.25, -0.2) is 4.98 Å². The van der Waals surface area contributed by atoms with Crippen LogP contribution >= 0.6 is 11.8 Å². The van der Waals surface area contributed by atoms with Gasteiger partial charge < -0.3 is 10.6 Å². The highest BCUT2D eigenvalue weighted by Gasteiger charge is 2.13. The quantitative estimate of drug-likeness (QED) is 0.648. The number of para-hydroxylation sites is 2. The summed E-state index contributed by atoms with van der Waals surface area (Å²) in [4.78, 5) is 28.9. The van der Waals surface area contributed by atoms with E-state index in [-0.39, 0.29) is 17.6 Å². The number of amides is 2. The topological polar surface area (TPSA) is 71.1 Å². The van der Waals surface area contributed by atoms with Crippen LogP contribution in [0.5, 0.6) is 0 Å². The average molecular weight is 363 g/mol. The van der Waals surface area contributed by atoms with E-state index in [2.05, 4.69) is 15.6 Å². The zero-order chi connectivity index (χ0) is 18.2. The lowest BCUT2D eigenvalue weighted by molar-refractivity contribution is -0.113. The fourth-order valence-electron chi connectivity index (χ4n) is 2.27. The maximum absolute atomic E-state index is 12.5. The summed E-state index contributed by atoms with van der Waals surface area (Å²) < 4.78 is 0. The van der Waals surface area contributed by atoms with E-state index in [1.807, 2.05) is 48.5 Å². The van der Waals surface area contributed by atoms with Gasteiger partial charge in [-0.15, -0.1) is 0 Å². The fourth-order valence-corrected chi connectivity index (χ4v) is 2.93. The molecule has 2 aromatic carbocycles. The molecule has 6 heteroatoms. The summed E-state index contributed by atoms with van der Waals surface area (Å²) in [6, 6.07) is 21.7. The molecule has 3 aromatic rings. The maximum Gasteiger partial charge on any atom is 0.257 e. The molecule has 2 N–H and O–H groups in total. The first-order valence-corrected chi connectivity index (χ1v) is 9.00. The van der Waals surface area contributed by atoms with E-state index in [0.29, 0.717) is 16.9 Å². The summed E-state index contributed by atoms with van der Waals surface area (Å²) in [5, 5.41) is 6.40. The first kappa shape index (κ1) is 17.7. The molecule has 0 spiro atoms. The third kappa shape index (κ3) is 4.94. The molecule has 0 radical (unpaired) electrons. The van der Waals surface area contributed by atoms with Gasteiger partial charge in [0.2, 0.25) is 5.91 Å².